The zero-order chi connectivity index (χ0) is 18.7. The number of hydrogen-bond donors (Lipinski definition) is 1. The molecule has 26 heavy (non-hydrogen) atoms. The molecule has 1 N–H and O–H groups in total. The van der Waals surface area contributed by atoms with Crippen molar-refractivity contribution >= 4 is 11.8 Å². The molecule has 2 aliphatic heterocycles. The third kappa shape index (κ3) is 4.59. The topological polar surface area (TPSA) is 48.5 Å². The summed E-state index contributed by atoms with van der Waals surface area (Å²) in [5, 5.41) is 3.10. The maximum Gasteiger partial charge on any atom is 0.417 e. The average Bonchev–Trinajstić information content (AvgIpc) is 2.62. The van der Waals surface area contributed by atoms with Crippen LogP contribution in [0, 0.1) is 5.92 Å². The van der Waals surface area contributed by atoms with E-state index < -0.39 is 11.7 Å². The fraction of sp³-hybridized carbons (Fsp3) is 0.667. The molecule has 3 rings (SSSR count). The second kappa shape index (κ2) is 7.72. The molecule has 0 bridgehead atoms. The van der Waals surface area contributed by atoms with E-state index in [4.69, 9.17) is 0 Å². The molecule has 0 aromatic carbocycles. The van der Waals surface area contributed by atoms with Gasteiger partial charge in [-0.05, 0) is 43.7 Å². The van der Waals surface area contributed by atoms with Crippen molar-refractivity contribution in [1.82, 2.24) is 15.2 Å². The van der Waals surface area contributed by atoms with Gasteiger partial charge in [-0.25, -0.2) is 9.78 Å². The molecule has 0 aliphatic carbocycles. The number of hydrogen-bond acceptors (Lipinski definition) is 3. The molecule has 144 valence electrons. The van der Waals surface area contributed by atoms with Crippen LogP contribution in [0.4, 0.5) is 23.8 Å². The number of alkyl halides is 3. The van der Waals surface area contributed by atoms with Gasteiger partial charge in [-0.15, -0.1) is 0 Å². The Morgan fingerprint density at radius 1 is 1.19 bits per heavy atom. The van der Waals surface area contributed by atoms with E-state index in [1.54, 1.807) is 0 Å². The Labute approximate surface area is 151 Å². The number of rotatable bonds is 2. The third-order valence-electron chi connectivity index (χ3n) is 5.17. The Morgan fingerprint density at radius 2 is 1.92 bits per heavy atom. The lowest BCUT2D eigenvalue weighted by Crippen LogP contribution is -2.51. The van der Waals surface area contributed by atoms with Crippen molar-refractivity contribution < 1.29 is 18.0 Å². The minimum absolute atomic E-state index is 0.00246. The molecule has 5 nitrogen and oxygen atoms in total. The molecule has 2 aliphatic rings. The van der Waals surface area contributed by atoms with E-state index >= 15 is 0 Å². The molecule has 8 heteroatoms. The van der Waals surface area contributed by atoms with Crippen LogP contribution in [-0.4, -0.2) is 48.1 Å². The number of amides is 2. The maximum atomic E-state index is 12.6. The summed E-state index contributed by atoms with van der Waals surface area (Å²) in [4.78, 5) is 20.2. The van der Waals surface area contributed by atoms with Gasteiger partial charge in [0.25, 0.3) is 0 Å². The van der Waals surface area contributed by atoms with Crippen molar-refractivity contribution in [3.63, 3.8) is 0 Å². The zero-order valence-corrected chi connectivity index (χ0v) is 14.9. The van der Waals surface area contributed by atoms with Crippen molar-refractivity contribution in [2.45, 2.75) is 44.8 Å². The lowest BCUT2D eigenvalue weighted by molar-refractivity contribution is -0.137. The number of nitrogens with zero attached hydrogens (tertiary/aromatic N) is 3. The first kappa shape index (κ1) is 18.8. The molecule has 0 saturated carbocycles. The van der Waals surface area contributed by atoms with Crippen molar-refractivity contribution in [3.05, 3.63) is 23.9 Å². The molecule has 0 radical (unpaired) electrons. The lowest BCUT2D eigenvalue weighted by Gasteiger charge is -2.36. The summed E-state index contributed by atoms with van der Waals surface area (Å²) >= 11 is 0. The van der Waals surface area contributed by atoms with E-state index in [-0.39, 0.29) is 12.1 Å². The van der Waals surface area contributed by atoms with Crippen LogP contribution >= 0.6 is 0 Å². The number of likely N-dealkylation sites (tertiary alicyclic amines) is 1. The van der Waals surface area contributed by atoms with Crippen LogP contribution in [0.3, 0.4) is 0 Å². The first-order valence-corrected chi connectivity index (χ1v) is 9.16. The fourth-order valence-corrected chi connectivity index (χ4v) is 3.63. The van der Waals surface area contributed by atoms with Gasteiger partial charge in [0.05, 0.1) is 5.56 Å². The van der Waals surface area contributed by atoms with E-state index in [2.05, 4.69) is 17.2 Å². The number of carbonyl (C=O) groups excluding carboxylic acids is 1. The number of nitrogens with one attached hydrogen (secondary N) is 1. The summed E-state index contributed by atoms with van der Waals surface area (Å²) in [5.74, 6) is 1.09. The Hall–Kier alpha value is -1.99. The molecule has 1 aromatic rings. The molecule has 2 fully saturated rings. The van der Waals surface area contributed by atoms with Gasteiger partial charge in [-0.3, -0.25) is 0 Å². The molecule has 2 amide bonds. The van der Waals surface area contributed by atoms with E-state index in [0.717, 1.165) is 44.6 Å². The summed E-state index contributed by atoms with van der Waals surface area (Å²) in [5.41, 5.74) is -0.737. The number of piperidine rings is 2. The van der Waals surface area contributed by atoms with Crippen molar-refractivity contribution in [2.24, 2.45) is 5.92 Å². The Balaban J connectivity index is 1.49. The molecule has 1 aromatic heterocycles. The molecular weight excluding hydrogens is 345 g/mol. The largest absolute Gasteiger partial charge is 0.417 e. The predicted molar refractivity (Wildman–Crippen MR) is 93.0 cm³/mol. The summed E-state index contributed by atoms with van der Waals surface area (Å²) in [7, 11) is 0. The van der Waals surface area contributed by atoms with Crippen molar-refractivity contribution in [1.29, 1.82) is 0 Å². The van der Waals surface area contributed by atoms with Crippen molar-refractivity contribution in [3.8, 4) is 0 Å². The summed E-state index contributed by atoms with van der Waals surface area (Å²) in [6.45, 7) is 5.11. The van der Waals surface area contributed by atoms with Crippen molar-refractivity contribution in [2.75, 3.05) is 31.1 Å². The highest BCUT2D eigenvalue weighted by atomic mass is 19.4. The Bertz CT molecular complexity index is 612. The number of anilines is 1. The van der Waals surface area contributed by atoms with Crippen LogP contribution in [-0.2, 0) is 6.18 Å². The van der Waals surface area contributed by atoms with E-state index in [9.17, 15) is 18.0 Å². The SMILES string of the molecule is C[C@H]1CCCN(C(=O)NC2CCN(c3ccc(C(F)(F)F)cn3)CC2)C1. The molecule has 3 heterocycles. The van der Waals surface area contributed by atoms with Crippen LogP contribution in [0.25, 0.3) is 0 Å². The zero-order valence-electron chi connectivity index (χ0n) is 14.9. The molecule has 0 unspecified atom stereocenters. The van der Waals surface area contributed by atoms with E-state index in [1.807, 2.05) is 9.80 Å². The maximum absolute atomic E-state index is 12.6. The predicted octanol–water partition coefficient (Wildman–Crippen LogP) is 3.51. The number of carbonyl (C=O) groups is 1. The first-order valence-electron chi connectivity index (χ1n) is 9.16. The number of aromatic nitrogens is 1. The standard InChI is InChI=1S/C18H25F3N4O/c1-13-3-2-8-25(12-13)17(26)23-15-6-9-24(10-7-15)16-5-4-14(11-22-16)18(19,20)21/h4-5,11,13,15H,2-3,6-10,12H2,1H3,(H,23,26)/t13-/m0/s1. The monoisotopic (exact) mass is 370 g/mol. The van der Waals surface area contributed by atoms with Gasteiger partial charge >= 0.3 is 12.2 Å². The van der Waals surface area contributed by atoms with Crippen LogP contribution in [0.1, 0.15) is 38.2 Å². The highest BCUT2D eigenvalue weighted by Crippen LogP contribution is 2.29. The highest BCUT2D eigenvalue weighted by molar-refractivity contribution is 5.74. The van der Waals surface area contributed by atoms with Gasteiger partial charge in [0.2, 0.25) is 0 Å². The summed E-state index contributed by atoms with van der Waals surface area (Å²) in [6, 6.07) is 2.58. The molecular formula is C18H25F3N4O. The minimum atomic E-state index is -4.37. The van der Waals surface area contributed by atoms with Crippen LogP contribution in [0.2, 0.25) is 0 Å². The minimum Gasteiger partial charge on any atom is -0.356 e. The second-order valence-electron chi connectivity index (χ2n) is 7.31. The average molecular weight is 370 g/mol. The molecule has 2 saturated heterocycles. The van der Waals surface area contributed by atoms with Gasteiger partial charge < -0.3 is 15.1 Å². The summed E-state index contributed by atoms with van der Waals surface area (Å²) < 4.78 is 37.8. The van der Waals surface area contributed by atoms with Crippen LogP contribution in [0.15, 0.2) is 18.3 Å². The number of pyridine rings is 1. The van der Waals surface area contributed by atoms with E-state index in [0.29, 0.717) is 24.8 Å². The number of urea groups is 1. The molecule has 1 atom stereocenters. The Morgan fingerprint density at radius 3 is 2.50 bits per heavy atom. The highest BCUT2D eigenvalue weighted by Gasteiger charge is 2.31. The lowest BCUT2D eigenvalue weighted by atomic mass is 10.0. The first-order chi connectivity index (χ1) is 12.3. The number of halogens is 3. The van der Waals surface area contributed by atoms with Gasteiger partial charge in [0, 0.05) is 38.4 Å². The van der Waals surface area contributed by atoms with Gasteiger partial charge in [0.15, 0.2) is 0 Å². The smallest absolute Gasteiger partial charge is 0.356 e. The second-order valence-corrected chi connectivity index (χ2v) is 7.31. The fourth-order valence-electron chi connectivity index (χ4n) is 3.63. The van der Waals surface area contributed by atoms with Gasteiger partial charge in [-0.2, -0.15) is 13.2 Å². The quantitative estimate of drug-likeness (QED) is 0.867. The van der Waals surface area contributed by atoms with E-state index in [1.165, 1.54) is 12.5 Å². The van der Waals surface area contributed by atoms with Crippen LogP contribution < -0.4 is 10.2 Å². The summed E-state index contributed by atoms with van der Waals surface area (Å²) in [6.07, 6.45) is 0.250. The third-order valence-corrected chi connectivity index (χ3v) is 5.17. The Kier molecular flexibility index (Phi) is 5.58. The van der Waals surface area contributed by atoms with Gasteiger partial charge in [-0.1, -0.05) is 6.92 Å². The molecule has 0 spiro atoms. The van der Waals surface area contributed by atoms with Gasteiger partial charge in [0.1, 0.15) is 5.82 Å². The van der Waals surface area contributed by atoms with Crippen LogP contribution in [0.5, 0.6) is 0 Å². The normalized spacial score (nSPS) is 22.4.